The predicted molar refractivity (Wildman–Crippen MR) is 108 cm³/mol. The molecule has 0 atom stereocenters. The van der Waals surface area contributed by atoms with Crippen molar-refractivity contribution in [3.05, 3.63) is 70.3 Å². The maximum atomic E-state index is 13.3. The van der Waals surface area contributed by atoms with Crippen molar-refractivity contribution in [3.63, 3.8) is 0 Å². The molecule has 2 aliphatic rings. The molecule has 2 aliphatic heterocycles. The number of aromatic nitrogens is 2. The van der Waals surface area contributed by atoms with Gasteiger partial charge in [0.1, 0.15) is 5.82 Å². The van der Waals surface area contributed by atoms with E-state index in [9.17, 15) is 9.59 Å². The largest absolute Gasteiger partial charge is 0.330 e. The first-order valence-corrected chi connectivity index (χ1v) is 9.84. The smallest absolute Gasteiger partial charge is 0.266 e. The molecule has 0 aliphatic carbocycles. The molecular weight excluding hydrogens is 352 g/mol. The fraction of sp³-hybridized carbons (Fsp3) is 0.318. The van der Waals surface area contributed by atoms with Crippen molar-refractivity contribution in [1.82, 2.24) is 19.4 Å². The van der Waals surface area contributed by atoms with E-state index in [4.69, 9.17) is 4.98 Å². The van der Waals surface area contributed by atoms with Crippen LogP contribution in [0.5, 0.6) is 0 Å². The molecular formula is C22H22N4O2. The van der Waals surface area contributed by atoms with Crippen LogP contribution in [0.3, 0.4) is 0 Å². The van der Waals surface area contributed by atoms with Gasteiger partial charge >= 0.3 is 0 Å². The van der Waals surface area contributed by atoms with Crippen LogP contribution in [0.15, 0.2) is 53.3 Å². The summed E-state index contributed by atoms with van der Waals surface area (Å²) in [6.07, 6.45) is 2.45. The highest BCUT2D eigenvalue weighted by Gasteiger charge is 2.28. The topological polar surface area (TPSA) is 58.4 Å². The number of para-hydroxylation sites is 2. The van der Waals surface area contributed by atoms with Gasteiger partial charge in [-0.05, 0) is 50.2 Å². The Kier molecular flexibility index (Phi) is 4.20. The second-order valence-corrected chi connectivity index (χ2v) is 7.48. The molecule has 0 spiro atoms. The molecule has 1 amide bonds. The van der Waals surface area contributed by atoms with E-state index < -0.39 is 0 Å². The Morgan fingerprint density at radius 1 is 0.893 bits per heavy atom. The Bertz CT molecular complexity index is 1110. The normalized spacial score (nSPS) is 16.9. The summed E-state index contributed by atoms with van der Waals surface area (Å²) in [5.41, 5.74) is 1.73. The first-order valence-electron chi connectivity index (χ1n) is 9.84. The summed E-state index contributed by atoms with van der Waals surface area (Å²) in [7, 11) is 0. The number of hydrogen-bond acceptors (Lipinski definition) is 4. The van der Waals surface area contributed by atoms with Gasteiger partial charge in [0.2, 0.25) is 0 Å². The molecule has 1 fully saturated rings. The lowest BCUT2D eigenvalue weighted by molar-refractivity contribution is 0.0728. The van der Waals surface area contributed by atoms with E-state index >= 15 is 0 Å². The zero-order valence-electron chi connectivity index (χ0n) is 15.7. The molecule has 142 valence electrons. The summed E-state index contributed by atoms with van der Waals surface area (Å²) in [6, 6.07) is 14.7. The summed E-state index contributed by atoms with van der Waals surface area (Å²) in [4.78, 5) is 35.5. The Morgan fingerprint density at radius 3 is 2.50 bits per heavy atom. The lowest BCUT2D eigenvalue weighted by atomic mass is 10.1. The van der Waals surface area contributed by atoms with Crippen LogP contribution in [0.4, 0.5) is 0 Å². The molecule has 1 aromatic heterocycles. The number of amides is 1. The second-order valence-electron chi connectivity index (χ2n) is 7.48. The second kappa shape index (κ2) is 6.87. The molecule has 0 unspecified atom stereocenters. The van der Waals surface area contributed by atoms with Crippen molar-refractivity contribution in [2.24, 2.45) is 0 Å². The van der Waals surface area contributed by atoms with Crippen LogP contribution in [0.1, 0.15) is 29.0 Å². The summed E-state index contributed by atoms with van der Waals surface area (Å²) < 4.78 is 1.62. The monoisotopic (exact) mass is 374 g/mol. The van der Waals surface area contributed by atoms with Crippen LogP contribution < -0.4 is 5.56 Å². The molecule has 6 nitrogen and oxygen atoms in total. The Labute approximate surface area is 163 Å². The molecule has 28 heavy (non-hydrogen) atoms. The molecule has 6 heteroatoms. The van der Waals surface area contributed by atoms with E-state index in [2.05, 4.69) is 4.90 Å². The predicted octanol–water partition coefficient (Wildman–Crippen LogP) is 2.44. The molecule has 0 N–H and O–H groups in total. The first-order chi connectivity index (χ1) is 13.7. The zero-order chi connectivity index (χ0) is 19.1. The molecule has 1 saturated heterocycles. The van der Waals surface area contributed by atoms with Gasteiger partial charge in [-0.25, -0.2) is 4.98 Å². The standard InChI is InChI=1S/C22H22N4O2/c27-21-17-8-2-4-10-19(17)26-20(15-25(21)14-13-24-11-5-6-12-24)23-18-9-3-1-7-16(18)22(26)28/h1-4,7-10H,5-6,11-15H2. The molecule has 0 bridgehead atoms. The molecule has 0 radical (unpaired) electrons. The van der Waals surface area contributed by atoms with Crippen LogP contribution in [-0.2, 0) is 6.54 Å². The lowest BCUT2D eigenvalue weighted by Gasteiger charge is -2.24. The Morgan fingerprint density at radius 2 is 1.64 bits per heavy atom. The van der Waals surface area contributed by atoms with Crippen molar-refractivity contribution in [3.8, 4) is 5.69 Å². The van der Waals surface area contributed by atoms with Crippen LogP contribution in [0.2, 0.25) is 0 Å². The van der Waals surface area contributed by atoms with Crippen molar-refractivity contribution in [2.45, 2.75) is 19.4 Å². The first kappa shape index (κ1) is 17.1. The van der Waals surface area contributed by atoms with Gasteiger partial charge in [-0.1, -0.05) is 24.3 Å². The maximum absolute atomic E-state index is 13.3. The average Bonchev–Trinajstić information content (AvgIpc) is 3.21. The summed E-state index contributed by atoms with van der Waals surface area (Å²) in [5, 5.41) is 0.569. The number of carbonyl (C=O) groups excluding carboxylic acids is 1. The van der Waals surface area contributed by atoms with Gasteiger partial charge in [-0.3, -0.25) is 14.2 Å². The Hall–Kier alpha value is -2.99. The van der Waals surface area contributed by atoms with Crippen molar-refractivity contribution < 1.29 is 4.79 Å². The summed E-state index contributed by atoms with van der Waals surface area (Å²) >= 11 is 0. The van der Waals surface area contributed by atoms with Gasteiger partial charge in [0.15, 0.2) is 0 Å². The van der Waals surface area contributed by atoms with E-state index in [-0.39, 0.29) is 11.5 Å². The van der Waals surface area contributed by atoms with Gasteiger partial charge < -0.3 is 9.80 Å². The van der Waals surface area contributed by atoms with Crippen LogP contribution in [-0.4, -0.2) is 51.4 Å². The number of benzene rings is 2. The molecule has 3 heterocycles. The lowest BCUT2D eigenvalue weighted by Crippen LogP contribution is -2.37. The van der Waals surface area contributed by atoms with E-state index in [1.54, 1.807) is 16.7 Å². The SMILES string of the molecule is O=C1c2ccccc2-n2c(nc3ccccc3c2=O)CN1CCN1CCCC1. The van der Waals surface area contributed by atoms with Gasteiger partial charge in [-0.2, -0.15) is 0 Å². The van der Waals surface area contributed by atoms with Crippen LogP contribution >= 0.6 is 0 Å². The Balaban J connectivity index is 1.63. The minimum atomic E-state index is -0.123. The van der Waals surface area contributed by atoms with Crippen LogP contribution in [0, 0.1) is 0 Å². The van der Waals surface area contributed by atoms with E-state index in [0.29, 0.717) is 41.1 Å². The number of carbonyl (C=O) groups is 1. The highest BCUT2D eigenvalue weighted by atomic mass is 16.2. The number of likely N-dealkylation sites (tertiary alicyclic amines) is 1. The van der Waals surface area contributed by atoms with E-state index in [1.807, 2.05) is 41.3 Å². The number of fused-ring (bicyclic) bond motifs is 4. The minimum absolute atomic E-state index is 0.0382. The van der Waals surface area contributed by atoms with Crippen molar-refractivity contribution in [1.29, 1.82) is 0 Å². The quantitative estimate of drug-likeness (QED) is 0.707. The van der Waals surface area contributed by atoms with Gasteiger partial charge in [0.05, 0.1) is 28.7 Å². The molecule has 0 saturated carbocycles. The van der Waals surface area contributed by atoms with E-state index in [1.165, 1.54) is 12.8 Å². The summed E-state index contributed by atoms with van der Waals surface area (Å²) in [5.74, 6) is 0.576. The maximum Gasteiger partial charge on any atom is 0.266 e. The van der Waals surface area contributed by atoms with Gasteiger partial charge in [-0.15, -0.1) is 0 Å². The van der Waals surface area contributed by atoms with Gasteiger partial charge in [0, 0.05) is 13.1 Å². The minimum Gasteiger partial charge on any atom is -0.330 e. The third-order valence-electron chi connectivity index (χ3n) is 5.72. The molecule has 5 rings (SSSR count). The highest BCUT2D eigenvalue weighted by molar-refractivity contribution is 5.98. The average molecular weight is 374 g/mol. The summed E-state index contributed by atoms with van der Waals surface area (Å²) in [6.45, 7) is 4.01. The number of nitrogens with zero attached hydrogens (tertiary/aromatic N) is 4. The zero-order valence-corrected chi connectivity index (χ0v) is 15.7. The van der Waals surface area contributed by atoms with E-state index in [0.717, 1.165) is 19.6 Å². The molecule has 2 aromatic carbocycles. The third-order valence-corrected chi connectivity index (χ3v) is 5.72. The molecule has 3 aromatic rings. The van der Waals surface area contributed by atoms with Crippen LogP contribution in [0.25, 0.3) is 16.6 Å². The fourth-order valence-corrected chi connectivity index (χ4v) is 4.24. The fourth-order valence-electron chi connectivity index (χ4n) is 4.24. The number of hydrogen-bond donors (Lipinski definition) is 0. The third kappa shape index (κ3) is 2.81. The number of rotatable bonds is 3. The van der Waals surface area contributed by atoms with Crippen molar-refractivity contribution >= 4 is 16.8 Å². The van der Waals surface area contributed by atoms with Gasteiger partial charge in [0.25, 0.3) is 11.5 Å². The van der Waals surface area contributed by atoms with Crippen molar-refractivity contribution in [2.75, 3.05) is 26.2 Å². The highest BCUT2D eigenvalue weighted by Crippen LogP contribution is 2.23.